The molecule has 3 saturated heterocycles. The number of nitrogens with zero attached hydrogens (tertiary/aromatic N) is 1. The van der Waals surface area contributed by atoms with Crippen molar-refractivity contribution in [2.24, 2.45) is 0 Å². The summed E-state index contributed by atoms with van der Waals surface area (Å²) < 4.78 is 5.38. The first-order valence-corrected chi connectivity index (χ1v) is 4.36. The van der Waals surface area contributed by atoms with Gasteiger partial charge in [-0.25, -0.2) is 0 Å². The molecule has 3 rings (SSSR count). The fourth-order valence-electron chi connectivity index (χ4n) is 1.94. The molecule has 0 spiro atoms. The lowest BCUT2D eigenvalue weighted by Crippen LogP contribution is -2.63. The van der Waals surface area contributed by atoms with Gasteiger partial charge in [0.15, 0.2) is 0 Å². The maximum absolute atomic E-state index is 5.38. The van der Waals surface area contributed by atoms with Gasteiger partial charge in [0.25, 0.3) is 0 Å². The van der Waals surface area contributed by atoms with E-state index in [4.69, 9.17) is 4.74 Å². The maximum Gasteiger partial charge on any atom is 0.0623 e. The molecule has 0 amide bonds. The second-order valence-electron chi connectivity index (χ2n) is 3.35. The molecule has 0 aromatic rings. The van der Waals surface area contributed by atoms with Crippen LogP contribution in [0.3, 0.4) is 0 Å². The Kier molecular flexibility index (Phi) is 1.96. The fourth-order valence-corrected chi connectivity index (χ4v) is 1.94. The normalized spacial score (nSPS) is 37.5. The Morgan fingerprint density at radius 1 is 1.45 bits per heavy atom. The van der Waals surface area contributed by atoms with Crippen LogP contribution in [-0.2, 0) is 4.74 Å². The Hall–Kier alpha value is -0.340. The van der Waals surface area contributed by atoms with Crippen LogP contribution in [0.25, 0.3) is 0 Å². The first kappa shape index (κ1) is 7.32. The van der Waals surface area contributed by atoms with Crippen molar-refractivity contribution >= 4 is 0 Å². The minimum Gasteiger partial charge on any atom is -0.378 e. The van der Waals surface area contributed by atoms with E-state index < -0.39 is 0 Å². The van der Waals surface area contributed by atoms with Crippen LogP contribution in [0.5, 0.6) is 0 Å². The van der Waals surface area contributed by atoms with Crippen LogP contribution in [0.15, 0.2) is 12.2 Å². The summed E-state index contributed by atoms with van der Waals surface area (Å²) in [5.74, 6) is 0. The smallest absolute Gasteiger partial charge is 0.0623 e. The summed E-state index contributed by atoms with van der Waals surface area (Å²) in [4.78, 5) is 2.53. The fraction of sp³-hybridized carbons (Fsp3) is 0.778. The summed E-state index contributed by atoms with van der Waals surface area (Å²) in [5.41, 5.74) is 0. The number of hydrogen-bond acceptors (Lipinski definition) is 2. The standard InChI is InChI=1S/C9H15NO/c1-2-3-4-10-8-5-9(10)7-11-6-8/h2-3,8-9H,4-7H2,1H3/b3-2+. The molecule has 2 bridgehead atoms. The van der Waals surface area contributed by atoms with Gasteiger partial charge in [0.05, 0.1) is 13.2 Å². The number of fused-ring (bicyclic) bond motifs is 2. The highest BCUT2D eigenvalue weighted by atomic mass is 16.5. The van der Waals surface area contributed by atoms with Crippen molar-refractivity contribution in [3.05, 3.63) is 12.2 Å². The quantitative estimate of drug-likeness (QED) is 0.549. The molecule has 2 atom stereocenters. The van der Waals surface area contributed by atoms with Gasteiger partial charge in [-0.2, -0.15) is 0 Å². The number of ether oxygens (including phenoxy) is 1. The highest BCUT2D eigenvalue weighted by Gasteiger charge is 2.41. The van der Waals surface area contributed by atoms with E-state index in [-0.39, 0.29) is 0 Å². The van der Waals surface area contributed by atoms with Gasteiger partial charge in [0.2, 0.25) is 0 Å². The van der Waals surface area contributed by atoms with E-state index in [0.717, 1.165) is 31.8 Å². The summed E-state index contributed by atoms with van der Waals surface area (Å²) in [7, 11) is 0. The molecule has 0 saturated carbocycles. The van der Waals surface area contributed by atoms with E-state index >= 15 is 0 Å². The topological polar surface area (TPSA) is 12.5 Å². The predicted octanol–water partition coefficient (Wildman–Crippen LogP) is 1.04. The Morgan fingerprint density at radius 3 is 2.73 bits per heavy atom. The van der Waals surface area contributed by atoms with Crippen molar-refractivity contribution in [2.45, 2.75) is 25.4 Å². The monoisotopic (exact) mass is 153 g/mol. The Balaban J connectivity index is 1.86. The molecular formula is C9H15NO. The second-order valence-corrected chi connectivity index (χ2v) is 3.35. The highest BCUT2D eigenvalue weighted by Crippen LogP contribution is 2.29. The SMILES string of the molecule is C/C=C/CN1C2COCC1C2. The maximum atomic E-state index is 5.38. The van der Waals surface area contributed by atoms with Crippen molar-refractivity contribution in [2.75, 3.05) is 19.8 Å². The molecule has 0 aliphatic carbocycles. The zero-order valence-corrected chi connectivity index (χ0v) is 6.99. The van der Waals surface area contributed by atoms with Crippen LogP contribution >= 0.6 is 0 Å². The van der Waals surface area contributed by atoms with Crippen LogP contribution in [0.1, 0.15) is 13.3 Å². The van der Waals surface area contributed by atoms with E-state index in [1.54, 1.807) is 0 Å². The molecule has 3 heterocycles. The van der Waals surface area contributed by atoms with Gasteiger partial charge in [-0.15, -0.1) is 0 Å². The van der Waals surface area contributed by atoms with Crippen molar-refractivity contribution in [3.8, 4) is 0 Å². The third-order valence-corrected chi connectivity index (χ3v) is 2.65. The first-order chi connectivity index (χ1) is 5.42. The molecular weight excluding hydrogens is 138 g/mol. The highest BCUT2D eigenvalue weighted by molar-refractivity contribution is 4.99. The van der Waals surface area contributed by atoms with Gasteiger partial charge in [-0.1, -0.05) is 12.2 Å². The third kappa shape index (κ3) is 1.21. The molecule has 2 unspecified atom stereocenters. The molecule has 62 valence electrons. The minimum atomic E-state index is 0.727. The molecule has 2 heteroatoms. The summed E-state index contributed by atoms with van der Waals surface area (Å²) >= 11 is 0. The van der Waals surface area contributed by atoms with Crippen molar-refractivity contribution in [1.82, 2.24) is 4.90 Å². The van der Waals surface area contributed by atoms with E-state index in [0.29, 0.717) is 0 Å². The van der Waals surface area contributed by atoms with Crippen LogP contribution < -0.4 is 0 Å². The Labute approximate surface area is 67.8 Å². The molecule has 3 aliphatic rings. The first-order valence-electron chi connectivity index (χ1n) is 4.36. The largest absolute Gasteiger partial charge is 0.378 e. The third-order valence-electron chi connectivity index (χ3n) is 2.65. The van der Waals surface area contributed by atoms with Gasteiger partial charge in [0.1, 0.15) is 0 Å². The summed E-state index contributed by atoms with van der Waals surface area (Å²) in [5, 5.41) is 0. The van der Waals surface area contributed by atoms with Crippen LogP contribution in [-0.4, -0.2) is 36.7 Å². The van der Waals surface area contributed by atoms with Crippen LogP contribution in [0, 0.1) is 0 Å². The average molecular weight is 153 g/mol. The Morgan fingerprint density at radius 2 is 2.18 bits per heavy atom. The predicted molar refractivity (Wildman–Crippen MR) is 44.5 cm³/mol. The van der Waals surface area contributed by atoms with Gasteiger partial charge >= 0.3 is 0 Å². The lowest BCUT2D eigenvalue weighted by Gasteiger charge is -2.52. The molecule has 0 N–H and O–H groups in total. The van der Waals surface area contributed by atoms with Crippen LogP contribution in [0.4, 0.5) is 0 Å². The number of rotatable bonds is 2. The number of hydrogen-bond donors (Lipinski definition) is 0. The van der Waals surface area contributed by atoms with Crippen molar-refractivity contribution < 1.29 is 4.74 Å². The van der Waals surface area contributed by atoms with Crippen molar-refractivity contribution in [3.63, 3.8) is 0 Å². The molecule has 0 aromatic heterocycles. The summed E-state index contributed by atoms with van der Waals surface area (Å²) in [6.07, 6.45) is 5.71. The van der Waals surface area contributed by atoms with Crippen LogP contribution in [0.2, 0.25) is 0 Å². The zero-order valence-electron chi connectivity index (χ0n) is 6.99. The van der Waals surface area contributed by atoms with Gasteiger partial charge < -0.3 is 4.74 Å². The average Bonchev–Trinajstić information content (AvgIpc) is 2.06. The lowest BCUT2D eigenvalue weighted by molar-refractivity contribution is -0.121. The minimum absolute atomic E-state index is 0.727. The number of morpholine rings is 1. The summed E-state index contributed by atoms with van der Waals surface area (Å²) in [6.45, 7) is 5.10. The second kappa shape index (κ2) is 2.95. The van der Waals surface area contributed by atoms with E-state index in [1.165, 1.54) is 6.42 Å². The van der Waals surface area contributed by atoms with E-state index in [1.807, 2.05) is 0 Å². The van der Waals surface area contributed by atoms with E-state index in [9.17, 15) is 0 Å². The molecule has 0 aromatic carbocycles. The molecule has 3 fully saturated rings. The molecule has 3 aliphatic heterocycles. The Bertz CT molecular complexity index is 153. The number of allylic oxidation sites excluding steroid dienone is 1. The van der Waals surface area contributed by atoms with Gasteiger partial charge in [0, 0.05) is 18.6 Å². The lowest BCUT2D eigenvalue weighted by atomic mass is 9.91. The van der Waals surface area contributed by atoms with Gasteiger partial charge in [-0.05, 0) is 13.3 Å². The van der Waals surface area contributed by atoms with E-state index in [2.05, 4.69) is 24.0 Å². The summed E-state index contributed by atoms with van der Waals surface area (Å²) in [6, 6.07) is 1.45. The molecule has 0 radical (unpaired) electrons. The molecule has 2 nitrogen and oxygen atoms in total. The van der Waals surface area contributed by atoms with Crippen molar-refractivity contribution in [1.29, 1.82) is 0 Å². The molecule has 11 heavy (non-hydrogen) atoms. The van der Waals surface area contributed by atoms with Gasteiger partial charge in [-0.3, -0.25) is 4.90 Å². The zero-order chi connectivity index (χ0) is 7.68.